The van der Waals surface area contributed by atoms with Gasteiger partial charge in [-0.25, -0.2) is 9.79 Å². The van der Waals surface area contributed by atoms with Gasteiger partial charge in [0.1, 0.15) is 0 Å². The number of aromatic nitrogens is 2. The number of rotatable bonds is 3. The van der Waals surface area contributed by atoms with Crippen LogP contribution in [-0.2, 0) is 4.74 Å². The monoisotopic (exact) mass is 371 g/mol. The number of hydrogen-bond acceptors (Lipinski definition) is 5. The van der Waals surface area contributed by atoms with Crippen LogP contribution in [0.5, 0.6) is 0 Å². The number of carbonyl (C=O) groups excluding carboxylic acids is 1. The molecule has 1 N–H and O–H groups in total. The molecule has 0 spiro atoms. The molecule has 2 aliphatic rings. The zero-order valence-electron chi connectivity index (χ0n) is 14.8. The average molecular weight is 371 g/mol. The standard InChI is InChI=1S/C19H21N3O3S/c1-11-20-17-15(18(23)21-22(17)14-5-3-4-6-14)16(26-11)12-7-9-13(10-8-12)19(24)25-2/h7-10,14,16H,3-6H2,1-2H3,(H,21,23)/t16-/m0/s1. The van der Waals surface area contributed by atoms with Gasteiger partial charge >= 0.3 is 5.97 Å². The van der Waals surface area contributed by atoms with Gasteiger partial charge < -0.3 is 4.74 Å². The fourth-order valence-corrected chi connectivity index (χ4v) is 4.89. The van der Waals surface area contributed by atoms with Crippen LogP contribution in [0.25, 0.3) is 0 Å². The van der Waals surface area contributed by atoms with E-state index in [1.54, 1.807) is 23.9 Å². The van der Waals surface area contributed by atoms with E-state index in [0.717, 1.165) is 29.3 Å². The second-order valence-corrected chi connectivity index (χ2v) is 8.03. The summed E-state index contributed by atoms with van der Waals surface area (Å²) in [6, 6.07) is 7.58. The number of hydrogen-bond donors (Lipinski definition) is 1. The van der Waals surface area contributed by atoms with Crippen molar-refractivity contribution in [2.24, 2.45) is 4.99 Å². The first kappa shape index (κ1) is 17.1. The number of aliphatic imine (C=N–C) groups is 1. The summed E-state index contributed by atoms with van der Waals surface area (Å²) >= 11 is 1.57. The fourth-order valence-electron chi connectivity index (χ4n) is 3.78. The zero-order chi connectivity index (χ0) is 18.3. The maximum atomic E-state index is 12.7. The molecule has 1 saturated carbocycles. The van der Waals surface area contributed by atoms with Crippen molar-refractivity contribution >= 4 is 28.6 Å². The summed E-state index contributed by atoms with van der Waals surface area (Å²) in [6.07, 6.45) is 4.54. The van der Waals surface area contributed by atoms with Gasteiger partial charge in [-0.05, 0) is 37.5 Å². The van der Waals surface area contributed by atoms with Crippen molar-refractivity contribution in [2.45, 2.75) is 43.9 Å². The SMILES string of the molecule is COC(=O)c1ccc([C@@H]2SC(C)=Nc3c2c(=O)[nH]n3C2CCCC2)cc1. The lowest BCUT2D eigenvalue weighted by Crippen LogP contribution is -2.13. The lowest BCUT2D eigenvalue weighted by Gasteiger charge is -2.22. The summed E-state index contributed by atoms with van der Waals surface area (Å²) in [5, 5.41) is 3.83. The van der Waals surface area contributed by atoms with Gasteiger partial charge in [0.2, 0.25) is 0 Å². The molecule has 1 aliphatic carbocycles. The van der Waals surface area contributed by atoms with Gasteiger partial charge in [-0.15, -0.1) is 0 Å². The normalized spacial score (nSPS) is 19.9. The largest absolute Gasteiger partial charge is 0.465 e. The molecule has 0 bridgehead atoms. The van der Waals surface area contributed by atoms with Crippen LogP contribution in [0, 0.1) is 0 Å². The Morgan fingerprint density at radius 2 is 1.96 bits per heavy atom. The number of thioether (sulfide) groups is 1. The number of nitrogens with one attached hydrogen (secondary N) is 1. The molecule has 7 heteroatoms. The number of methoxy groups -OCH3 is 1. The number of benzene rings is 1. The number of fused-ring (bicyclic) bond motifs is 1. The van der Waals surface area contributed by atoms with Crippen LogP contribution in [0.3, 0.4) is 0 Å². The van der Waals surface area contributed by atoms with Crippen LogP contribution in [0.2, 0.25) is 0 Å². The van der Waals surface area contributed by atoms with E-state index < -0.39 is 0 Å². The lowest BCUT2D eigenvalue weighted by molar-refractivity contribution is 0.0600. The maximum Gasteiger partial charge on any atom is 0.337 e. The Morgan fingerprint density at radius 1 is 1.27 bits per heavy atom. The summed E-state index contributed by atoms with van der Waals surface area (Å²) < 4.78 is 6.73. The van der Waals surface area contributed by atoms with E-state index in [4.69, 9.17) is 4.74 Å². The third kappa shape index (κ3) is 2.90. The van der Waals surface area contributed by atoms with Crippen molar-refractivity contribution in [1.82, 2.24) is 9.78 Å². The minimum absolute atomic E-state index is 0.0716. The minimum atomic E-state index is -0.364. The van der Waals surface area contributed by atoms with Gasteiger partial charge in [-0.3, -0.25) is 14.6 Å². The molecule has 0 saturated heterocycles. The molecule has 0 radical (unpaired) electrons. The van der Waals surface area contributed by atoms with E-state index in [0.29, 0.717) is 17.2 Å². The van der Waals surface area contributed by atoms with E-state index in [-0.39, 0.29) is 16.8 Å². The first-order valence-corrected chi connectivity index (χ1v) is 9.71. The van der Waals surface area contributed by atoms with E-state index >= 15 is 0 Å². The Hall–Kier alpha value is -2.28. The number of ether oxygens (including phenoxy) is 1. The molecule has 6 nitrogen and oxygen atoms in total. The fraction of sp³-hybridized carbons (Fsp3) is 0.421. The van der Waals surface area contributed by atoms with Gasteiger partial charge in [0.15, 0.2) is 5.82 Å². The molecule has 26 heavy (non-hydrogen) atoms. The van der Waals surface area contributed by atoms with Crippen LogP contribution in [0.15, 0.2) is 34.1 Å². The number of nitrogens with zero attached hydrogens (tertiary/aromatic N) is 2. The highest BCUT2D eigenvalue weighted by Crippen LogP contribution is 2.45. The van der Waals surface area contributed by atoms with Crippen LogP contribution >= 0.6 is 11.8 Å². The van der Waals surface area contributed by atoms with E-state index in [9.17, 15) is 9.59 Å². The number of H-pyrrole nitrogens is 1. The highest BCUT2D eigenvalue weighted by atomic mass is 32.2. The molecule has 1 aromatic carbocycles. The van der Waals surface area contributed by atoms with Gasteiger partial charge in [-0.1, -0.05) is 36.7 Å². The molecular formula is C19H21N3O3S. The summed E-state index contributed by atoms with van der Waals surface area (Å²) in [7, 11) is 1.37. The molecule has 2 aromatic rings. The summed E-state index contributed by atoms with van der Waals surface area (Å²) in [5.41, 5.74) is 2.11. The van der Waals surface area contributed by atoms with Gasteiger partial charge in [-0.2, -0.15) is 0 Å². The second-order valence-electron chi connectivity index (χ2n) is 6.73. The van der Waals surface area contributed by atoms with E-state index in [1.807, 2.05) is 23.7 Å². The smallest absolute Gasteiger partial charge is 0.337 e. The van der Waals surface area contributed by atoms with Crippen molar-refractivity contribution in [2.75, 3.05) is 7.11 Å². The van der Waals surface area contributed by atoms with Crippen LogP contribution in [0.4, 0.5) is 5.82 Å². The van der Waals surface area contributed by atoms with Crippen molar-refractivity contribution in [3.8, 4) is 0 Å². The Balaban J connectivity index is 1.75. The third-order valence-corrected chi connectivity index (χ3v) is 6.25. The van der Waals surface area contributed by atoms with Crippen molar-refractivity contribution < 1.29 is 9.53 Å². The van der Waals surface area contributed by atoms with Crippen LogP contribution < -0.4 is 5.56 Å². The Kier molecular flexibility index (Phi) is 4.48. The highest BCUT2D eigenvalue weighted by Gasteiger charge is 2.32. The molecule has 0 amide bonds. The predicted octanol–water partition coefficient (Wildman–Crippen LogP) is 3.96. The Bertz CT molecular complexity index is 920. The summed E-state index contributed by atoms with van der Waals surface area (Å²) in [4.78, 5) is 29.1. The predicted molar refractivity (Wildman–Crippen MR) is 103 cm³/mol. The van der Waals surface area contributed by atoms with Crippen LogP contribution in [0.1, 0.15) is 65.4 Å². The number of aromatic amines is 1. The summed E-state index contributed by atoms with van der Waals surface area (Å²) in [6.45, 7) is 1.97. The Morgan fingerprint density at radius 3 is 2.62 bits per heavy atom. The van der Waals surface area contributed by atoms with Crippen molar-refractivity contribution in [3.05, 3.63) is 51.3 Å². The molecule has 4 rings (SSSR count). The maximum absolute atomic E-state index is 12.7. The molecule has 136 valence electrons. The van der Waals surface area contributed by atoms with E-state index in [1.165, 1.54) is 20.0 Å². The van der Waals surface area contributed by atoms with Gasteiger partial charge in [0.05, 0.1) is 34.6 Å². The van der Waals surface area contributed by atoms with Gasteiger partial charge in [0, 0.05) is 0 Å². The molecule has 1 atom stereocenters. The summed E-state index contributed by atoms with van der Waals surface area (Å²) in [5.74, 6) is 0.400. The quantitative estimate of drug-likeness (QED) is 0.829. The Labute approximate surface area is 155 Å². The second kappa shape index (κ2) is 6.79. The molecule has 1 fully saturated rings. The first-order valence-electron chi connectivity index (χ1n) is 8.83. The first-order chi connectivity index (χ1) is 12.6. The molecular weight excluding hydrogens is 350 g/mol. The zero-order valence-corrected chi connectivity index (χ0v) is 15.6. The van der Waals surface area contributed by atoms with Crippen molar-refractivity contribution in [1.29, 1.82) is 0 Å². The molecule has 0 unspecified atom stereocenters. The topological polar surface area (TPSA) is 76.4 Å². The highest BCUT2D eigenvalue weighted by molar-refractivity contribution is 8.14. The van der Waals surface area contributed by atoms with Crippen molar-refractivity contribution in [3.63, 3.8) is 0 Å². The number of carbonyl (C=O) groups is 1. The van der Waals surface area contributed by atoms with Gasteiger partial charge in [0.25, 0.3) is 5.56 Å². The van der Waals surface area contributed by atoms with Crippen LogP contribution in [-0.4, -0.2) is 27.9 Å². The molecule has 1 aliphatic heterocycles. The van der Waals surface area contributed by atoms with E-state index in [2.05, 4.69) is 10.1 Å². The minimum Gasteiger partial charge on any atom is -0.465 e. The third-order valence-electron chi connectivity index (χ3n) is 5.07. The average Bonchev–Trinajstić information content (AvgIpc) is 3.29. The lowest BCUT2D eigenvalue weighted by atomic mass is 10.0. The number of esters is 1. The molecule has 1 aromatic heterocycles. The molecule has 2 heterocycles.